The van der Waals surface area contributed by atoms with Gasteiger partial charge < -0.3 is 9.52 Å². The molecule has 0 aliphatic heterocycles. The molecule has 0 fully saturated rings. The van der Waals surface area contributed by atoms with Crippen LogP contribution in [0, 0.1) is 5.82 Å². The number of nitrogens with zero attached hydrogens (tertiary/aromatic N) is 2. The molecule has 19 heavy (non-hydrogen) atoms. The lowest BCUT2D eigenvalue weighted by Gasteiger charge is -2.00. The molecule has 1 heterocycles. The Kier molecular flexibility index (Phi) is 4.26. The fourth-order valence-electron chi connectivity index (χ4n) is 1.55. The summed E-state index contributed by atoms with van der Waals surface area (Å²) in [7, 11) is 0. The van der Waals surface area contributed by atoms with Gasteiger partial charge in [0.15, 0.2) is 0 Å². The Morgan fingerprint density at radius 1 is 1.42 bits per heavy atom. The zero-order valence-electron chi connectivity index (χ0n) is 9.77. The number of carboxylic acid groups (broad SMARTS) is 1. The van der Waals surface area contributed by atoms with Gasteiger partial charge in [-0.15, -0.1) is 10.2 Å². The third-order valence-corrected chi connectivity index (χ3v) is 3.09. The van der Waals surface area contributed by atoms with Gasteiger partial charge in [-0.05, 0) is 34.5 Å². The van der Waals surface area contributed by atoms with Gasteiger partial charge in [-0.3, -0.25) is 4.79 Å². The molecule has 5 nitrogen and oxygen atoms in total. The van der Waals surface area contributed by atoms with Crippen LogP contribution in [0.15, 0.2) is 27.1 Å². The van der Waals surface area contributed by atoms with Crippen LogP contribution in [0.5, 0.6) is 0 Å². The second-order valence-corrected chi connectivity index (χ2v) is 4.70. The summed E-state index contributed by atoms with van der Waals surface area (Å²) in [6.45, 7) is 0. The van der Waals surface area contributed by atoms with Crippen molar-refractivity contribution in [3.8, 4) is 11.5 Å². The Morgan fingerprint density at radius 3 is 2.89 bits per heavy atom. The molecule has 7 heteroatoms. The molecule has 2 rings (SSSR count). The number of benzene rings is 1. The Hall–Kier alpha value is -1.76. The summed E-state index contributed by atoms with van der Waals surface area (Å²) < 4.78 is 19.5. The molecule has 0 amide bonds. The number of carboxylic acids is 1. The quantitative estimate of drug-likeness (QED) is 0.912. The Balaban J connectivity index is 2.15. The lowest BCUT2D eigenvalue weighted by molar-refractivity contribution is -0.137. The fourth-order valence-corrected chi connectivity index (χ4v) is 2.06. The molecule has 0 aliphatic carbocycles. The average Bonchev–Trinajstić information content (AvgIpc) is 2.77. The van der Waals surface area contributed by atoms with Gasteiger partial charge >= 0.3 is 5.97 Å². The fraction of sp³-hybridized carbons (Fsp3) is 0.250. The van der Waals surface area contributed by atoms with Crippen molar-refractivity contribution >= 4 is 21.9 Å². The minimum Gasteiger partial charge on any atom is -0.481 e. The molecule has 100 valence electrons. The standard InChI is InChI=1S/C12H10BrFN2O3/c13-7-3-1-4-8(14)11(7)12-16-15-9(19-12)5-2-6-10(17)18/h1,3-4H,2,5-6H2,(H,17,18). The molecule has 1 N–H and O–H groups in total. The number of aromatic nitrogens is 2. The second-order valence-electron chi connectivity index (χ2n) is 3.84. The van der Waals surface area contributed by atoms with Gasteiger partial charge in [-0.2, -0.15) is 0 Å². The zero-order valence-corrected chi connectivity index (χ0v) is 11.4. The third-order valence-electron chi connectivity index (χ3n) is 2.42. The van der Waals surface area contributed by atoms with E-state index in [4.69, 9.17) is 9.52 Å². The molecule has 1 aromatic carbocycles. The van der Waals surface area contributed by atoms with E-state index in [1.54, 1.807) is 12.1 Å². The first kappa shape index (κ1) is 13.7. The molecule has 0 aliphatic rings. The molecule has 0 unspecified atom stereocenters. The number of hydrogen-bond donors (Lipinski definition) is 1. The number of halogens is 2. The van der Waals surface area contributed by atoms with Gasteiger partial charge in [-0.25, -0.2) is 4.39 Å². The molecule has 0 bridgehead atoms. The van der Waals surface area contributed by atoms with Gasteiger partial charge in [0.1, 0.15) is 5.82 Å². The van der Waals surface area contributed by atoms with Crippen LogP contribution in [0.2, 0.25) is 0 Å². The van der Waals surface area contributed by atoms with E-state index in [1.807, 2.05) is 0 Å². The molecule has 0 saturated carbocycles. The SMILES string of the molecule is O=C(O)CCCc1nnc(-c2c(F)cccc2Br)o1. The first-order valence-electron chi connectivity index (χ1n) is 5.56. The van der Waals surface area contributed by atoms with Crippen molar-refractivity contribution in [3.63, 3.8) is 0 Å². The molecule has 2 aromatic rings. The van der Waals surface area contributed by atoms with Gasteiger partial charge in [0.25, 0.3) is 5.89 Å². The maximum atomic E-state index is 13.7. The van der Waals surface area contributed by atoms with Crippen LogP contribution in [-0.2, 0) is 11.2 Å². The molecule has 0 spiro atoms. The van der Waals surface area contributed by atoms with E-state index in [-0.39, 0.29) is 17.9 Å². The van der Waals surface area contributed by atoms with Crippen LogP contribution in [0.25, 0.3) is 11.5 Å². The molecular weight excluding hydrogens is 319 g/mol. The molecule has 0 saturated heterocycles. The summed E-state index contributed by atoms with van der Waals surface area (Å²) >= 11 is 3.22. The average molecular weight is 329 g/mol. The monoisotopic (exact) mass is 328 g/mol. The summed E-state index contributed by atoms with van der Waals surface area (Å²) in [5, 5.41) is 16.1. The van der Waals surface area contributed by atoms with Crippen molar-refractivity contribution in [2.24, 2.45) is 0 Å². The van der Waals surface area contributed by atoms with Crippen LogP contribution < -0.4 is 0 Å². The summed E-state index contributed by atoms with van der Waals surface area (Å²) in [6.07, 6.45) is 0.780. The molecular formula is C12H10BrFN2O3. The Bertz CT molecular complexity index is 580. The van der Waals surface area contributed by atoms with Crippen molar-refractivity contribution in [2.75, 3.05) is 0 Å². The predicted molar refractivity (Wildman–Crippen MR) is 68.0 cm³/mol. The summed E-state index contributed by atoms with van der Waals surface area (Å²) in [5.41, 5.74) is 0.208. The predicted octanol–water partition coefficient (Wildman–Crippen LogP) is 3.05. The zero-order chi connectivity index (χ0) is 13.8. The molecule has 0 atom stereocenters. The minimum absolute atomic E-state index is 0.0289. The first-order chi connectivity index (χ1) is 9.08. The van der Waals surface area contributed by atoms with Crippen LogP contribution in [0.3, 0.4) is 0 Å². The van der Waals surface area contributed by atoms with Crippen molar-refractivity contribution in [2.45, 2.75) is 19.3 Å². The summed E-state index contributed by atoms with van der Waals surface area (Å²) in [6, 6.07) is 4.54. The maximum absolute atomic E-state index is 13.7. The van der Waals surface area contributed by atoms with E-state index < -0.39 is 11.8 Å². The highest BCUT2D eigenvalue weighted by molar-refractivity contribution is 9.10. The summed E-state index contributed by atoms with van der Waals surface area (Å²) in [4.78, 5) is 10.4. The lowest BCUT2D eigenvalue weighted by Crippen LogP contribution is -1.95. The molecule has 0 radical (unpaired) electrons. The highest BCUT2D eigenvalue weighted by atomic mass is 79.9. The maximum Gasteiger partial charge on any atom is 0.303 e. The first-order valence-corrected chi connectivity index (χ1v) is 6.36. The van der Waals surface area contributed by atoms with E-state index in [1.165, 1.54) is 6.07 Å². The largest absolute Gasteiger partial charge is 0.481 e. The van der Waals surface area contributed by atoms with Gasteiger partial charge in [0.2, 0.25) is 5.89 Å². The highest BCUT2D eigenvalue weighted by Crippen LogP contribution is 2.29. The van der Waals surface area contributed by atoms with Crippen LogP contribution in [-0.4, -0.2) is 21.3 Å². The second kappa shape index (κ2) is 5.92. The number of aryl methyl sites for hydroxylation is 1. The van der Waals surface area contributed by atoms with Crippen LogP contribution in [0.4, 0.5) is 4.39 Å². The topological polar surface area (TPSA) is 76.2 Å². The smallest absolute Gasteiger partial charge is 0.303 e. The van der Waals surface area contributed by atoms with Gasteiger partial charge in [0.05, 0.1) is 5.56 Å². The van der Waals surface area contributed by atoms with Crippen molar-refractivity contribution in [1.82, 2.24) is 10.2 Å². The van der Waals surface area contributed by atoms with E-state index in [0.29, 0.717) is 23.2 Å². The number of aliphatic carboxylic acids is 1. The Labute approximate surface area is 116 Å². The highest BCUT2D eigenvalue weighted by Gasteiger charge is 2.16. The van der Waals surface area contributed by atoms with Crippen LogP contribution >= 0.6 is 15.9 Å². The third kappa shape index (κ3) is 3.37. The lowest BCUT2D eigenvalue weighted by atomic mass is 10.2. The summed E-state index contributed by atoms with van der Waals surface area (Å²) in [5.74, 6) is -0.964. The normalized spacial score (nSPS) is 10.6. The van der Waals surface area contributed by atoms with E-state index in [9.17, 15) is 9.18 Å². The number of rotatable bonds is 5. The van der Waals surface area contributed by atoms with E-state index in [0.717, 1.165) is 0 Å². The Morgan fingerprint density at radius 2 is 2.21 bits per heavy atom. The van der Waals surface area contributed by atoms with Gasteiger partial charge in [0, 0.05) is 17.3 Å². The number of carbonyl (C=O) groups is 1. The van der Waals surface area contributed by atoms with E-state index in [2.05, 4.69) is 26.1 Å². The van der Waals surface area contributed by atoms with E-state index >= 15 is 0 Å². The minimum atomic E-state index is -0.878. The number of hydrogen-bond acceptors (Lipinski definition) is 4. The van der Waals surface area contributed by atoms with Crippen molar-refractivity contribution in [3.05, 3.63) is 34.4 Å². The van der Waals surface area contributed by atoms with Crippen molar-refractivity contribution in [1.29, 1.82) is 0 Å². The van der Waals surface area contributed by atoms with Gasteiger partial charge in [-0.1, -0.05) is 6.07 Å². The van der Waals surface area contributed by atoms with Crippen LogP contribution in [0.1, 0.15) is 18.7 Å². The molecule has 1 aromatic heterocycles. The van der Waals surface area contributed by atoms with Crippen molar-refractivity contribution < 1.29 is 18.7 Å².